The highest BCUT2D eigenvalue weighted by molar-refractivity contribution is 5.37. The van der Waals surface area contributed by atoms with Crippen LogP contribution in [0, 0.1) is 6.92 Å². The van der Waals surface area contributed by atoms with Gasteiger partial charge in [-0.25, -0.2) is 9.97 Å². The van der Waals surface area contributed by atoms with Gasteiger partial charge in [0.25, 0.3) is 0 Å². The molecule has 1 aromatic heterocycles. The van der Waals surface area contributed by atoms with Crippen molar-refractivity contribution in [2.45, 2.75) is 44.6 Å². The van der Waals surface area contributed by atoms with E-state index < -0.39 is 0 Å². The first-order valence-corrected chi connectivity index (χ1v) is 5.93. The number of nitrogens with zero attached hydrogens (tertiary/aromatic N) is 2. The highest BCUT2D eigenvalue weighted by atomic mass is 16.3. The molecule has 1 aliphatic carbocycles. The summed E-state index contributed by atoms with van der Waals surface area (Å²) in [5, 5.41) is 12.9. The van der Waals surface area contributed by atoms with E-state index in [0.29, 0.717) is 0 Å². The van der Waals surface area contributed by atoms with Gasteiger partial charge >= 0.3 is 0 Å². The number of aromatic nitrogens is 2. The Morgan fingerprint density at radius 3 is 2.75 bits per heavy atom. The van der Waals surface area contributed by atoms with E-state index in [1.807, 2.05) is 13.0 Å². The quantitative estimate of drug-likeness (QED) is 0.818. The number of aliphatic hydroxyl groups excluding tert-OH is 1. The SMILES string of the molecule is Cc1nccc(NC2(CO)CCCCC2)n1. The zero-order chi connectivity index (χ0) is 11.4. The summed E-state index contributed by atoms with van der Waals surface area (Å²) in [6.07, 6.45) is 7.42. The first kappa shape index (κ1) is 11.3. The van der Waals surface area contributed by atoms with Crippen molar-refractivity contribution in [2.24, 2.45) is 0 Å². The smallest absolute Gasteiger partial charge is 0.130 e. The van der Waals surface area contributed by atoms with Gasteiger partial charge in [-0.05, 0) is 25.8 Å². The van der Waals surface area contributed by atoms with Gasteiger partial charge in [0.1, 0.15) is 11.6 Å². The maximum Gasteiger partial charge on any atom is 0.130 e. The molecule has 0 unspecified atom stereocenters. The molecule has 0 aliphatic heterocycles. The summed E-state index contributed by atoms with van der Waals surface area (Å²) < 4.78 is 0. The second-order valence-corrected chi connectivity index (χ2v) is 4.61. The molecule has 0 amide bonds. The second-order valence-electron chi connectivity index (χ2n) is 4.61. The average molecular weight is 221 g/mol. The third-order valence-electron chi connectivity index (χ3n) is 3.28. The van der Waals surface area contributed by atoms with Crippen LogP contribution in [0.5, 0.6) is 0 Å². The van der Waals surface area contributed by atoms with Crippen molar-refractivity contribution in [3.05, 3.63) is 18.1 Å². The Hall–Kier alpha value is -1.16. The van der Waals surface area contributed by atoms with Crippen LogP contribution in [0.25, 0.3) is 0 Å². The molecule has 1 fully saturated rings. The molecular weight excluding hydrogens is 202 g/mol. The molecule has 1 heterocycles. The van der Waals surface area contributed by atoms with Crippen molar-refractivity contribution in [1.29, 1.82) is 0 Å². The maximum absolute atomic E-state index is 9.57. The van der Waals surface area contributed by atoms with Crippen molar-refractivity contribution >= 4 is 5.82 Å². The monoisotopic (exact) mass is 221 g/mol. The molecule has 0 bridgehead atoms. The molecule has 0 spiro atoms. The molecule has 4 nitrogen and oxygen atoms in total. The van der Waals surface area contributed by atoms with Crippen LogP contribution in [-0.2, 0) is 0 Å². The van der Waals surface area contributed by atoms with Crippen LogP contribution in [0.3, 0.4) is 0 Å². The molecule has 1 aromatic rings. The highest BCUT2D eigenvalue weighted by Crippen LogP contribution is 2.30. The van der Waals surface area contributed by atoms with E-state index in [9.17, 15) is 5.11 Å². The van der Waals surface area contributed by atoms with Gasteiger partial charge in [-0.15, -0.1) is 0 Å². The van der Waals surface area contributed by atoms with Gasteiger partial charge in [0.15, 0.2) is 0 Å². The van der Waals surface area contributed by atoms with Crippen LogP contribution in [0.1, 0.15) is 37.9 Å². The number of hydrogen-bond donors (Lipinski definition) is 2. The van der Waals surface area contributed by atoms with Crippen molar-refractivity contribution in [3.8, 4) is 0 Å². The van der Waals surface area contributed by atoms with E-state index in [4.69, 9.17) is 0 Å². The third kappa shape index (κ3) is 2.50. The zero-order valence-electron chi connectivity index (χ0n) is 9.74. The van der Waals surface area contributed by atoms with Crippen molar-refractivity contribution in [3.63, 3.8) is 0 Å². The lowest BCUT2D eigenvalue weighted by Gasteiger charge is -2.36. The van der Waals surface area contributed by atoms with Crippen LogP contribution in [0.2, 0.25) is 0 Å². The summed E-state index contributed by atoms with van der Waals surface area (Å²) in [5.74, 6) is 1.58. The molecule has 0 aromatic carbocycles. The molecule has 4 heteroatoms. The number of rotatable bonds is 3. The van der Waals surface area contributed by atoms with Gasteiger partial charge in [0.05, 0.1) is 12.1 Å². The lowest BCUT2D eigenvalue weighted by molar-refractivity contribution is 0.172. The van der Waals surface area contributed by atoms with Crippen LogP contribution in [0.4, 0.5) is 5.82 Å². The lowest BCUT2D eigenvalue weighted by atomic mass is 9.82. The minimum Gasteiger partial charge on any atom is -0.394 e. The zero-order valence-corrected chi connectivity index (χ0v) is 9.74. The predicted molar refractivity (Wildman–Crippen MR) is 63.3 cm³/mol. The average Bonchev–Trinajstić information content (AvgIpc) is 2.30. The molecule has 0 saturated heterocycles. The summed E-state index contributed by atoms with van der Waals surface area (Å²) in [6, 6.07) is 1.86. The Balaban J connectivity index is 2.11. The fourth-order valence-corrected chi connectivity index (χ4v) is 2.35. The van der Waals surface area contributed by atoms with E-state index in [1.165, 1.54) is 19.3 Å². The van der Waals surface area contributed by atoms with E-state index in [0.717, 1.165) is 24.5 Å². The summed E-state index contributed by atoms with van der Waals surface area (Å²) in [4.78, 5) is 8.39. The van der Waals surface area contributed by atoms with Crippen molar-refractivity contribution in [2.75, 3.05) is 11.9 Å². The Labute approximate surface area is 96.1 Å². The molecule has 2 rings (SSSR count). The summed E-state index contributed by atoms with van der Waals surface area (Å²) in [6.45, 7) is 2.05. The molecule has 1 aliphatic rings. The van der Waals surface area contributed by atoms with Crippen LogP contribution >= 0.6 is 0 Å². The van der Waals surface area contributed by atoms with Gasteiger partial charge in [-0.2, -0.15) is 0 Å². The minimum atomic E-state index is -0.168. The Kier molecular flexibility index (Phi) is 3.39. The second kappa shape index (κ2) is 4.78. The largest absolute Gasteiger partial charge is 0.394 e. The van der Waals surface area contributed by atoms with Crippen LogP contribution < -0.4 is 5.32 Å². The van der Waals surface area contributed by atoms with Crippen molar-refractivity contribution in [1.82, 2.24) is 9.97 Å². The molecule has 1 saturated carbocycles. The Morgan fingerprint density at radius 1 is 1.38 bits per heavy atom. The van der Waals surface area contributed by atoms with E-state index in [1.54, 1.807) is 6.20 Å². The number of nitrogens with one attached hydrogen (secondary N) is 1. The predicted octanol–water partition coefficient (Wildman–Crippen LogP) is 1.89. The first-order chi connectivity index (χ1) is 7.74. The third-order valence-corrected chi connectivity index (χ3v) is 3.28. The van der Waals surface area contributed by atoms with Gasteiger partial charge < -0.3 is 10.4 Å². The summed E-state index contributed by atoms with van der Waals surface area (Å²) >= 11 is 0. The maximum atomic E-state index is 9.57. The van der Waals surface area contributed by atoms with E-state index in [-0.39, 0.29) is 12.1 Å². The molecule has 88 valence electrons. The van der Waals surface area contributed by atoms with Crippen molar-refractivity contribution < 1.29 is 5.11 Å². The van der Waals surface area contributed by atoms with Gasteiger partial charge in [-0.1, -0.05) is 19.3 Å². The summed E-state index contributed by atoms with van der Waals surface area (Å²) in [7, 11) is 0. The number of aryl methyl sites for hydroxylation is 1. The number of anilines is 1. The minimum absolute atomic E-state index is 0.168. The molecular formula is C12H19N3O. The van der Waals surface area contributed by atoms with Gasteiger partial charge in [0.2, 0.25) is 0 Å². The lowest BCUT2D eigenvalue weighted by Crippen LogP contribution is -2.44. The fraction of sp³-hybridized carbons (Fsp3) is 0.667. The van der Waals surface area contributed by atoms with Gasteiger partial charge in [0, 0.05) is 6.20 Å². The summed E-state index contributed by atoms with van der Waals surface area (Å²) in [5.41, 5.74) is -0.168. The fourth-order valence-electron chi connectivity index (χ4n) is 2.35. The van der Waals surface area contributed by atoms with Crippen LogP contribution in [0.15, 0.2) is 12.3 Å². The van der Waals surface area contributed by atoms with E-state index in [2.05, 4.69) is 15.3 Å². The van der Waals surface area contributed by atoms with Crippen LogP contribution in [-0.4, -0.2) is 27.2 Å². The van der Waals surface area contributed by atoms with Gasteiger partial charge in [-0.3, -0.25) is 0 Å². The first-order valence-electron chi connectivity index (χ1n) is 5.93. The molecule has 2 N–H and O–H groups in total. The highest BCUT2D eigenvalue weighted by Gasteiger charge is 2.31. The van der Waals surface area contributed by atoms with E-state index >= 15 is 0 Å². The Bertz CT molecular complexity index is 348. The molecule has 0 atom stereocenters. The number of hydrogen-bond acceptors (Lipinski definition) is 4. The Morgan fingerprint density at radius 2 is 2.12 bits per heavy atom. The molecule has 16 heavy (non-hydrogen) atoms. The molecule has 0 radical (unpaired) electrons. The number of aliphatic hydroxyl groups is 1. The normalized spacial score (nSPS) is 19.4. The standard InChI is InChI=1S/C12H19N3O/c1-10-13-8-5-11(14-10)15-12(9-16)6-3-2-4-7-12/h5,8,16H,2-4,6-7,9H2,1H3,(H,13,14,15). The topological polar surface area (TPSA) is 58.0 Å².